The lowest BCUT2D eigenvalue weighted by Gasteiger charge is -2.37. The molecule has 1 saturated heterocycles. The van der Waals surface area contributed by atoms with Gasteiger partial charge in [0.2, 0.25) is 0 Å². The van der Waals surface area contributed by atoms with Crippen LogP contribution in [-0.4, -0.2) is 37.6 Å². The van der Waals surface area contributed by atoms with Gasteiger partial charge in [-0.15, -0.1) is 0 Å². The number of allylic oxidation sites excluding steroid dienone is 3. The molecule has 0 aromatic carbocycles. The van der Waals surface area contributed by atoms with Crippen molar-refractivity contribution in [2.45, 2.75) is 31.8 Å². The van der Waals surface area contributed by atoms with Crippen LogP contribution in [0.15, 0.2) is 24.1 Å². The number of nitrogens with one attached hydrogen (secondary N) is 1. The first-order valence-electron chi connectivity index (χ1n) is 5.96. The monoisotopic (exact) mass is 224 g/mol. The van der Waals surface area contributed by atoms with Crippen molar-refractivity contribution in [1.29, 1.82) is 0 Å². The Hall–Kier alpha value is -0.670. The number of nitrogens with zero attached hydrogens (tertiary/aromatic N) is 1. The summed E-state index contributed by atoms with van der Waals surface area (Å²) >= 11 is 0. The maximum atomic E-state index is 13.4. The fourth-order valence-corrected chi connectivity index (χ4v) is 3.06. The zero-order valence-electron chi connectivity index (χ0n) is 10.3. The predicted molar refractivity (Wildman–Crippen MR) is 64.9 cm³/mol. The molecule has 1 fully saturated rings. The molecule has 0 saturated carbocycles. The summed E-state index contributed by atoms with van der Waals surface area (Å²) in [6.45, 7) is 3.21. The van der Waals surface area contributed by atoms with Gasteiger partial charge in [-0.3, -0.25) is 0 Å². The first-order valence-corrected chi connectivity index (χ1v) is 5.96. The standard InChI is InChI=1S/C13H21FN2/c1-13(6-4-5-10(14)8-13)12-7-11(15-2)9-16(12)3/h4-6,11-12,15H,7-9H2,1-3H3. The fourth-order valence-electron chi connectivity index (χ4n) is 3.06. The second kappa shape index (κ2) is 4.30. The third-order valence-corrected chi connectivity index (χ3v) is 4.02. The van der Waals surface area contributed by atoms with E-state index in [1.807, 2.05) is 13.1 Å². The minimum absolute atomic E-state index is 0.00584. The smallest absolute Gasteiger partial charge is 0.101 e. The Labute approximate surface area is 97.2 Å². The lowest BCUT2D eigenvalue weighted by atomic mass is 9.75. The lowest BCUT2D eigenvalue weighted by molar-refractivity contribution is 0.169. The van der Waals surface area contributed by atoms with Crippen molar-refractivity contribution >= 4 is 0 Å². The van der Waals surface area contributed by atoms with Crippen LogP contribution in [-0.2, 0) is 0 Å². The zero-order valence-corrected chi connectivity index (χ0v) is 10.3. The van der Waals surface area contributed by atoms with Gasteiger partial charge in [0, 0.05) is 30.5 Å². The topological polar surface area (TPSA) is 15.3 Å². The van der Waals surface area contributed by atoms with E-state index in [4.69, 9.17) is 0 Å². The maximum absolute atomic E-state index is 13.4. The van der Waals surface area contributed by atoms with Crippen LogP contribution in [0.2, 0.25) is 0 Å². The van der Waals surface area contributed by atoms with Crippen LogP contribution in [0.5, 0.6) is 0 Å². The average molecular weight is 224 g/mol. The van der Waals surface area contributed by atoms with Gasteiger partial charge in [-0.2, -0.15) is 0 Å². The third kappa shape index (κ3) is 2.06. The highest BCUT2D eigenvalue weighted by Crippen LogP contribution is 2.41. The Bertz CT molecular complexity index is 324. The SMILES string of the molecule is CNC1CC(C2(C)C=CC=C(F)C2)N(C)C1. The van der Waals surface area contributed by atoms with E-state index in [9.17, 15) is 4.39 Å². The molecule has 0 aromatic heterocycles. The highest BCUT2D eigenvalue weighted by atomic mass is 19.1. The largest absolute Gasteiger partial charge is 0.316 e. The first-order chi connectivity index (χ1) is 7.55. The number of likely N-dealkylation sites (N-methyl/N-ethyl adjacent to an activating group) is 2. The van der Waals surface area contributed by atoms with Crippen molar-refractivity contribution in [3.05, 3.63) is 24.1 Å². The van der Waals surface area contributed by atoms with Crippen molar-refractivity contribution in [2.24, 2.45) is 5.41 Å². The Morgan fingerprint density at radius 1 is 1.56 bits per heavy atom. The first kappa shape index (κ1) is 11.8. The molecule has 0 bridgehead atoms. The van der Waals surface area contributed by atoms with E-state index in [0.717, 1.165) is 13.0 Å². The van der Waals surface area contributed by atoms with Crippen LogP contribution in [0.4, 0.5) is 4.39 Å². The summed E-state index contributed by atoms with van der Waals surface area (Å²) in [7, 11) is 4.14. The number of hydrogen-bond acceptors (Lipinski definition) is 2. The van der Waals surface area contributed by atoms with Crippen LogP contribution in [0.3, 0.4) is 0 Å². The fraction of sp³-hybridized carbons (Fsp3) is 0.692. The molecule has 0 spiro atoms. The Morgan fingerprint density at radius 3 is 2.88 bits per heavy atom. The Morgan fingerprint density at radius 2 is 2.31 bits per heavy atom. The van der Waals surface area contributed by atoms with E-state index in [1.54, 1.807) is 6.08 Å². The summed E-state index contributed by atoms with van der Waals surface area (Å²) in [4.78, 5) is 2.35. The van der Waals surface area contributed by atoms with E-state index < -0.39 is 0 Å². The van der Waals surface area contributed by atoms with Gasteiger partial charge < -0.3 is 10.2 Å². The van der Waals surface area contributed by atoms with Crippen molar-refractivity contribution in [3.8, 4) is 0 Å². The molecule has 3 heteroatoms. The van der Waals surface area contributed by atoms with Crippen molar-refractivity contribution in [2.75, 3.05) is 20.6 Å². The molecule has 1 N–H and O–H groups in total. The summed E-state index contributed by atoms with van der Waals surface area (Å²) in [6.07, 6.45) is 7.23. The van der Waals surface area contributed by atoms with Gasteiger partial charge in [-0.25, -0.2) is 4.39 Å². The van der Waals surface area contributed by atoms with Crippen molar-refractivity contribution < 1.29 is 4.39 Å². The van der Waals surface area contributed by atoms with Crippen LogP contribution >= 0.6 is 0 Å². The van der Waals surface area contributed by atoms with Crippen LogP contribution in [0, 0.1) is 5.41 Å². The minimum atomic E-state index is -0.0564. The molecule has 2 nitrogen and oxygen atoms in total. The minimum Gasteiger partial charge on any atom is -0.316 e. The van der Waals surface area contributed by atoms with Gasteiger partial charge in [0.1, 0.15) is 5.83 Å². The molecule has 0 amide bonds. The zero-order chi connectivity index (χ0) is 11.8. The molecule has 0 radical (unpaired) electrons. The summed E-state index contributed by atoms with van der Waals surface area (Å²) in [5.74, 6) is 0.00584. The molecule has 90 valence electrons. The third-order valence-electron chi connectivity index (χ3n) is 4.02. The van der Waals surface area contributed by atoms with Gasteiger partial charge in [0.25, 0.3) is 0 Å². The molecule has 2 aliphatic rings. The number of likely N-dealkylation sites (tertiary alicyclic amines) is 1. The lowest BCUT2D eigenvalue weighted by Crippen LogP contribution is -2.40. The van der Waals surface area contributed by atoms with Gasteiger partial charge in [-0.1, -0.05) is 19.1 Å². The number of rotatable bonds is 2. The van der Waals surface area contributed by atoms with E-state index in [2.05, 4.69) is 30.3 Å². The summed E-state index contributed by atoms with van der Waals surface area (Å²) in [6, 6.07) is 0.967. The van der Waals surface area contributed by atoms with Gasteiger partial charge in [-0.05, 0) is 26.6 Å². The van der Waals surface area contributed by atoms with E-state index >= 15 is 0 Å². The quantitative estimate of drug-likeness (QED) is 0.772. The molecule has 1 heterocycles. The van der Waals surface area contributed by atoms with Gasteiger partial charge >= 0.3 is 0 Å². The Kier molecular flexibility index (Phi) is 3.17. The van der Waals surface area contributed by atoms with E-state index in [0.29, 0.717) is 18.5 Å². The summed E-state index contributed by atoms with van der Waals surface area (Å²) in [5, 5.41) is 3.32. The normalized spacial score (nSPS) is 40.1. The highest BCUT2D eigenvalue weighted by molar-refractivity contribution is 5.22. The van der Waals surface area contributed by atoms with Crippen molar-refractivity contribution in [1.82, 2.24) is 10.2 Å². The van der Waals surface area contributed by atoms with Crippen LogP contribution in [0.25, 0.3) is 0 Å². The average Bonchev–Trinajstić information content (AvgIpc) is 2.60. The molecular weight excluding hydrogens is 203 g/mol. The maximum Gasteiger partial charge on any atom is 0.101 e. The summed E-state index contributed by atoms with van der Waals surface area (Å²) in [5.41, 5.74) is -0.0564. The molecule has 16 heavy (non-hydrogen) atoms. The molecule has 2 rings (SSSR count). The highest BCUT2D eigenvalue weighted by Gasteiger charge is 2.41. The molecule has 1 aliphatic carbocycles. The number of halogens is 1. The molecule has 3 unspecified atom stereocenters. The second-order valence-electron chi connectivity index (χ2n) is 5.33. The van der Waals surface area contributed by atoms with Crippen LogP contribution < -0.4 is 5.32 Å². The van der Waals surface area contributed by atoms with Gasteiger partial charge in [0.05, 0.1) is 0 Å². The van der Waals surface area contributed by atoms with E-state index in [-0.39, 0.29) is 11.2 Å². The molecular formula is C13H21FN2. The predicted octanol–water partition coefficient (Wildman–Crippen LogP) is 2.10. The molecule has 0 aromatic rings. The molecule has 1 aliphatic heterocycles. The van der Waals surface area contributed by atoms with Gasteiger partial charge in [0.15, 0.2) is 0 Å². The van der Waals surface area contributed by atoms with E-state index in [1.165, 1.54) is 0 Å². The van der Waals surface area contributed by atoms with Crippen LogP contribution in [0.1, 0.15) is 19.8 Å². The second-order valence-corrected chi connectivity index (χ2v) is 5.33. The number of hydrogen-bond donors (Lipinski definition) is 1. The Balaban J connectivity index is 2.13. The molecule has 3 atom stereocenters. The van der Waals surface area contributed by atoms with Crippen molar-refractivity contribution in [3.63, 3.8) is 0 Å². The summed E-state index contributed by atoms with van der Waals surface area (Å²) < 4.78 is 13.4.